The van der Waals surface area contributed by atoms with Gasteiger partial charge in [0, 0.05) is 14.2 Å². The van der Waals surface area contributed by atoms with E-state index in [1.165, 1.54) is 0 Å². The Morgan fingerprint density at radius 1 is 1.16 bits per heavy atom. The van der Waals surface area contributed by atoms with Gasteiger partial charge in [0.2, 0.25) is 0 Å². The fourth-order valence-corrected chi connectivity index (χ4v) is 2.71. The molecule has 0 saturated heterocycles. The van der Waals surface area contributed by atoms with Crippen LogP contribution in [0, 0.1) is 10.5 Å². The second-order valence-electron chi connectivity index (χ2n) is 3.99. The average Bonchev–Trinajstić information content (AvgIpc) is 2.36. The van der Waals surface area contributed by atoms with E-state index in [0.29, 0.717) is 21.3 Å². The summed E-state index contributed by atoms with van der Waals surface area (Å²) < 4.78 is 1.01. The van der Waals surface area contributed by atoms with Crippen LogP contribution in [0.1, 0.15) is 15.9 Å². The highest BCUT2D eigenvalue weighted by atomic mass is 127. The first kappa shape index (κ1) is 14.6. The van der Waals surface area contributed by atoms with Gasteiger partial charge in [0.05, 0.1) is 10.7 Å². The molecule has 2 aromatic carbocycles. The van der Waals surface area contributed by atoms with Crippen LogP contribution in [0.2, 0.25) is 10.0 Å². The first-order valence-electron chi connectivity index (χ1n) is 5.50. The Bertz CT molecular complexity index is 643. The molecule has 1 amide bonds. The Balaban J connectivity index is 2.28. The number of halogens is 3. The summed E-state index contributed by atoms with van der Waals surface area (Å²) in [7, 11) is 0. The normalized spacial score (nSPS) is 10.3. The highest BCUT2D eigenvalue weighted by molar-refractivity contribution is 14.1. The van der Waals surface area contributed by atoms with Crippen molar-refractivity contribution in [3.63, 3.8) is 0 Å². The standard InChI is InChI=1S/C14H10Cl2INO/c1-8-10(3-2-4-11(8)15)14(19)18-13-6-5-9(17)7-12(13)16/h2-7H,1H3,(H,18,19). The predicted octanol–water partition coefficient (Wildman–Crippen LogP) is 5.16. The molecule has 0 saturated carbocycles. The summed E-state index contributed by atoms with van der Waals surface area (Å²) in [6, 6.07) is 10.7. The van der Waals surface area contributed by atoms with E-state index in [2.05, 4.69) is 27.9 Å². The van der Waals surface area contributed by atoms with Crippen LogP contribution in [0.3, 0.4) is 0 Å². The lowest BCUT2D eigenvalue weighted by atomic mass is 10.1. The summed E-state index contributed by atoms with van der Waals surface area (Å²) in [5.41, 5.74) is 1.89. The highest BCUT2D eigenvalue weighted by Crippen LogP contribution is 2.25. The minimum Gasteiger partial charge on any atom is -0.321 e. The van der Waals surface area contributed by atoms with E-state index in [9.17, 15) is 4.79 Å². The molecule has 2 rings (SSSR count). The number of hydrogen-bond acceptors (Lipinski definition) is 1. The molecule has 0 aliphatic heterocycles. The van der Waals surface area contributed by atoms with Crippen molar-refractivity contribution in [2.75, 3.05) is 5.32 Å². The molecule has 0 aliphatic rings. The van der Waals surface area contributed by atoms with Crippen molar-refractivity contribution < 1.29 is 4.79 Å². The Labute approximate surface area is 135 Å². The fraction of sp³-hybridized carbons (Fsp3) is 0.0714. The highest BCUT2D eigenvalue weighted by Gasteiger charge is 2.12. The lowest BCUT2D eigenvalue weighted by molar-refractivity contribution is 0.102. The minimum atomic E-state index is -0.219. The van der Waals surface area contributed by atoms with Crippen LogP contribution >= 0.6 is 45.8 Å². The van der Waals surface area contributed by atoms with E-state index in [0.717, 1.165) is 9.13 Å². The SMILES string of the molecule is Cc1c(Cl)cccc1C(=O)Nc1ccc(I)cc1Cl. The molecule has 0 radical (unpaired) electrons. The third-order valence-corrected chi connectivity index (χ3v) is 4.08. The van der Waals surface area contributed by atoms with Crippen molar-refractivity contribution in [2.24, 2.45) is 0 Å². The predicted molar refractivity (Wildman–Crippen MR) is 88.3 cm³/mol. The molecule has 19 heavy (non-hydrogen) atoms. The Hall–Kier alpha value is -0.780. The number of anilines is 1. The third kappa shape index (κ3) is 3.41. The first-order chi connectivity index (χ1) is 8.99. The number of nitrogens with one attached hydrogen (secondary N) is 1. The molecule has 0 aliphatic carbocycles. The fourth-order valence-electron chi connectivity index (χ4n) is 1.63. The maximum Gasteiger partial charge on any atom is 0.256 e. The monoisotopic (exact) mass is 405 g/mol. The molecular weight excluding hydrogens is 396 g/mol. The summed E-state index contributed by atoms with van der Waals surface area (Å²) in [4.78, 5) is 12.2. The van der Waals surface area contributed by atoms with Crippen LogP contribution < -0.4 is 5.32 Å². The second-order valence-corrected chi connectivity index (χ2v) is 6.05. The van der Waals surface area contributed by atoms with Gasteiger partial charge in [-0.3, -0.25) is 4.79 Å². The molecule has 0 fully saturated rings. The summed E-state index contributed by atoms with van der Waals surface area (Å²) in [6.07, 6.45) is 0. The second kappa shape index (κ2) is 6.11. The minimum absolute atomic E-state index is 0.219. The molecular formula is C14H10Cl2INO. The van der Waals surface area contributed by atoms with E-state index in [4.69, 9.17) is 23.2 Å². The first-order valence-corrected chi connectivity index (χ1v) is 7.34. The number of benzene rings is 2. The quantitative estimate of drug-likeness (QED) is 0.687. The van der Waals surface area contributed by atoms with Crippen LogP contribution in [0.5, 0.6) is 0 Å². The van der Waals surface area contributed by atoms with Crippen molar-refractivity contribution in [3.8, 4) is 0 Å². The van der Waals surface area contributed by atoms with Crippen LogP contribution in [-0.2, 0) is 0 Å². The topological polar surface area (TPSA) is 29.1 Å². The van der Waals surface area contributed by atoms with Crippen LogP contribution in [0.4, 0.5) is 5.69 Å². The van der Waals surface area contributed by atoms with Gasteiger partial charge in [-0.05, 0) is 65.4 Å². The zero-order chi connectivity index (χ0) is 14.0. The molecule has 0 atom stereocenters. The lowest BCUT2D eigenvalue weighted by Gasteiger charge is -2.10. The third-order valence-electron chi connectivity index (χ3n) is 2.69. The summed E-state index contributed by atoms with van der Waals surface area (Å²) in [6.45, 7) is 1.81. The molecule has 2 aromatic rings. The summed E-state index contributed by atoms with van der Waals surface area (Å²) in [5.74, 6) is -0.219. The van der Waals surface area contributed by atoms with E-state index >= 15 is 0 Å². The van der Waals surface area contributed by atoms with Crippen LogP contribution in [0.15, 0.2) is 36.4 Å². The van der Waals surface area contributed by atoms with Crippen molar-refractivity contribution in [3.05, 3.63) is 61.1 Å². The van der Waals surface area contributed by atoms with Crippen molar-refractivity contribution in [2.45, 2.75) is 6.92 Å². The van der Waals surface area contributed by atoms with Gasteiger partial charge in [0.15, 0.2) is 0 Å². The Morgan fingerprint density at radius 3 is 2.58 bits per heavy atom. The van der Waals surface area contributed by atoms with Gasteiger partial charge in [0.1, 0.15) is 0 Å². The van der Waals surface area contributed by atoms with E-state index in [1.54, 1.807) is 30.3 Å². The van der Waals surface area contributed by atoms with Gasteiger partial charge in [0.25, 0.3) is 5.91 Å². The molecule has 0 aromatic heterocycles. The van der Waals surface area contributed by atoms with E-state index < -0.39 is 0 Å². The largest absolute Gasteiger partial charge is 0.321 e. The van der Waals surface area contributed by atoms with E-state index in [1.807, 2.05) is 13.0 Å². The van der Waals surface area contributed by atoms with Crippen LogP contribution in [-0.4, -0.2) is 5.91 Å². The van der Waals surface area contributed by atoms with Gasteiger partial charge in [-0.15, -0.1) is 0 Å². The van der Waals surface area contributed by atoms with Gasteiger partial charge < -0.3 is 5.32 Å². The summed E-state index contributed by atoms with van der Waals surface area (Å²) >= 11 is 14.3. The lowest BCUT2D eigenvalue weighted by Crippen LogP contribution is -2.13. The molecule has 98 valence electrons. The molecule has 1 N–H and O–H groups in total. The maximum atomic E-state index is 12.2. The molecule has 5 heteroatoms. The molecule has 2 nitrogen and oxygen atoms in total. The van der Waals surface area contributed by atoms with Crippen LogP contribution in [0.25, 0.3) is 0 Å². The number of carbonyl (C=O) groups is 1. The number of carbonyl (C=O) groups excluding carboxylic acids is 1. The summed E-state index contributed by atoms with van der Waals surface area (Å²) in [5, 5.41) is 3.87. The molecule has 0 heterocycles. The molecule has 0 bridgehead atoms. The smallest absolute Gasteiger partial charge is 0.256 e. The number of hydrogen-bond donors (Lipinski definition) is 1. The molecule has 0 unspecified atom stereocenters. The van der Waals surface area contributed by atoms with Crippen molar-refractivity contribution in [1.29, 1.82) is 0 Å². The van der Waals surface area contributed by atoms with Gasteiger partial charge in [-0.25, -0.2) is 0 Å². The van der Waals surface area contributed by atoms with E-state index in [-0.39, 0.29) is 5.91 Å². The van der Waals surface area contributed by atoms with Gasteiger partial charge >= 0.3 is 0 Å². The number of amides is 1. The zero-order valence-corrected chi connectivity index (χ0v) is 13.7. The van der Waals surface area contributed by atoms with Gasteiger partial charge in [-0.1, -0.05) is 29.3 Å². The van der Waals surface area contributed by atoms with Crippen molar-refractivity contribution >= 4 is 57.4 Å². The van der Waals surface area contributed by atoms with Crippen molar-refractivity contribution in [1.82, 2.24) is 0 Å². The molecule has 0 spiro atoms. The Morgan fingerprint density at radius 2 is 1.89 bits per heavy atom. The maximum absolute atomic E-state index is 12.2. The van der Waals surface area contributed by atoms with Gasteiger partial charge in [-0.2, -0.15) is 0 Å². The average molecular weight is 406 g/mol. The Kier molecular flexibility index (Phi) is 4.71. The number of rotatable bonds is 2. The zero-order valence-electron chi connectivity index (χ0n) is 10.0.